The van der Waals surface area contributed by atoms with Crippen molar-refractivity contribution < 1.29 is 19.1 Å². The van der Waals surface area contributed by atoms with Crippen LogP contribution in [-0.2, 0) is 9.53 Å². The smallest absolute Gasteiger partial charge is 0.338 e. The molecule has 0 aliphatic carbocycles. The number of hydrogen-bond acceptors (Lipinski definition) is 5. The molecule has 1 atom stereocenters. The molecule has 3 N–H and O–H groups in total. The highest BCUT2D eigenvalue weighted by Crippen LogP contribution is 2.33. The summed E-state index contributed by atoms with van der Waals surface area (Å²) in [4.78, 5) is 41.3. The molecule has 9 heteroatoms. The van der Waals surface area contributed by atoms with Crippen molar-refractivity contribution in [3.05, 3.63) is 65.4 Å². The lowest BCUT2D eigenvalue weighted by Crippen LogP contribution is -2.48. The first-order chi connectivity index (χ1) is 17.2. The van der Waals surface area contributed by atoms with E-state index in [9.17, 15) is 14.4 Å². The maximum atomic E-state index is 13.1. The number of hydrogen-bond donors (Lipinski definition) is 3. The van der Waals surface area contributed by atoms with Crippen LogP contribution in [0.4, 0.5) is 21.0 Å². The molecule has 192 valence electrons. The molecule has 1 aliphatic rings. The summed E-state index contributed by atoms with van der Waals surface area (Å²) in [7, 11) is 0. The van der Waals surface area contributed by atoms with Crippen LogP contribution in [-0.4, -0.2) is 41.8 Å². The average molecular weight is 511 g/mol. The van der Waals surface area contributed by atoms with Gasteiger partial charge in [0.25, 0.3) is 0 Å². The van der Waals surface area contributed by atoms with Crippen LogP contribution < -0.4 is 16.0 Å². The van der Waals surface area contributed by atoms with Gasteiger partial charge in [-0.05, 0) is 75.4 Å². The van der Waals surface area contributed by atoms with E-state index in [1.165, 1.54) is 0 Å². The summed E-state index contributed by atoms with van der Waals surface area (Å²) in [6, 6.07) is 13.3. The second-order valence-electron chi connectivity index (χ2n) is 8.77. The van der Waals surface area contributed by atoms with E-state index >= 15 is 0 Å². The van der Waals surface area contributed by atoms with E-state index in [0.29, 0.717) is 34.8 Å². The Kier molecular flexibility index (Phi) is 9.41. The Morgan fingerprint density at radius 1 is 1.11 bits per heavy atom. The number of allylic oxidation sites excluding steroid dienone is 1. The van der Waals surface area contributed by atoms with Crippen molar-refractivity contribution in [2.75, 3.05) is 23.4 Å². The minimum absolute atomic E-state index is 0.267. The Morgan fingerprint density at radius 3 is 2.44 bits per heavy atom. The minimum atomic E-state index is -0.703. The first-order valence-electron chi connectivity index (χ1n) is 12.0. The lowest BCUT2D eigenvalue weighted by molar-refractivity contribution is -0.143. The van der Waals surface area contributed by atoms with Crippen LogP contribution in [0.25, 0.3) is 0 Å². The first kappa shape index (κ1) is 27.1. The molecule has 2 aromatic carbocycles. The van der Waals surface area contributed by atoms with Gasteiger partial charge in [-0.15, -0.1) is 11.8 Å². The van der Waals surface area contributed by atoms with Crippen molar-refractivity contribution in [2.24, 2.45) is 0 Å². The molecule has 0 spiro atoms. The Balaban J connectivity index is 1.85. The van der Waals surface area contributed by atoms with Crippen LogP contribution in [0, 0.1) is 0 Å². The molecule has 0 saturated carbocycles. The van der Waals surface area contributed by atoms with Crippen LogP contribution in [0.1, 0.15) is 52.1 Å². The number of benzene rings is 2. The maximum absolute atomic E-state index is 13.1. The van der Waals surface area contributed by atoms with Gasteiger partial charge in [-0.25, -0.2) is 14.4 Å². The molecule has 0 fully saturated rings. The number of thioether (sulfide) groups is 1. The Bertz CT molecular complexity index is 1130. The van der Waals surface area contributed by atoms with Crippen LogP contribution in [0.2, 0.25) is 0 Å². The monoisotopic (exact) mass is 510 g/mol. The summed E-state index contributed by atoms with van der Waals surface area (Å²) in [5.74, 6) is -0.473. The molecule has 1 unspecified atom stereocenters. The van der Waals surface area contributed by atoms with Crippen molar-refractivity contribution in [1.82, 2.24) is 10.2 Å². The number of ether oxygens (including phenoxy) is 1. The standard InChI is InChI=1S/C27H34N4O4S/c1-6-7-15-31-18(4)23(25(32)35-17(2)3)24(30-27(31)34)19-9-8-10-21(16-19)29-26(33)28-20-11-13-22(36-5)14-12-20/h8-14,16-17,24H,6-7,15H2,1-5H3,(H,30,34)(H2,28,29,33). The third-order valence-corrected chi connectivity index (χ3v) is 6.46. The summed E-state index contributed by atoms with van der Waals surface area (Å²) < 4.78 is 5.52. The fourth-order valence-corrected chi connectivity index (χ4v) is 4.33. The summed E-state index contributed by atoms with van der Waals surface area (Å²) in [5, 5.41) is 8.59. The highest BCUT2D eigenvalue weighted by Gasteiger charge is 2.36. The van der Waals surface area contributed by atoms with Crippen molar-refractivity contribution in [2.45, 2.75) is 57.6 Å². The van der Waals surface area contributed by atoms with Gasteiger partial charge in [0, 0.05) is 28.5 Å². The fourth-order valence-electron chi connectivity index (χ4n) is 3.92. The van der Waals surface area contributed by atoms with Crippen LogP contribution in [0.15, 0.2) is 64.7 Å². The zero-order valence-corrected chi connectivity index (χ0v) is 22.2. The van der Waals surface area contributed by atoms with Crippen molar-refractivity contribution in [3.63, 3.8) is 0 Å². The number of nitrogens with one attached hydrogen (secondary N) is 3. The number of carbonyl (C=O) groups excluding carboxylic acids is 3. The molecule has 1 heterocycles. The molecular weight excluding hydrogens is 476 g/mol. The minimum Gasteiger partial charge on any atom is -0.459 e. The topological polar surface area (TPSA) is 99.8 Å². The van der Waals surface area contributed by atoms with Gasteiger partial charge in [0.2, 0.25) is 0 Å². The number of urea groups is 2. The molecule has 0 saturated heterocycles. The van der Waals surface area contributed by atoms with E-state index in [1.807, 2.05) is 43.5 Å². The zero-order valence-electron chi connectivity index (χ0n) is 21.4. The van der Waals surface area contributed by atoms with Gasteiger partial charge in [0.15, 0.2) is 0 Å². The fraction of sp³-hybridized carbons (Fsp3) is 0.370. The predicted octanol–water partition coefficient (Wildman–Crippen LogP) is 6.14. The molecule has 3 rings (SSSR count). The van der Waals surface area contributed by atoms with Gasteiger partial charge in [-0.1, -0.05) is 25.5 Å². The number of anilines is 2. The van der Waals surface area contributed by atoms with Crippen LogP contribution in [0.5, 0.6) is 0 Å². The normalized spacial score (nSPS) is 15.6. The number of nitrogens with zero attached hydrogens (tertiary/aromatic N) is 1. The number of esters is 1. The van der Waals surface area contributed by atoms with E-state index in [1.54, 1.807) is 55.6 Å². The Morgan fingerprint density at radius 2 is 1.81 bits per heavy atom. The largest absolute Gasteiger partial charge is 0.459 e. The number of carbonyl (C=O) groups is 3. The third kappa shape index (κ3) is 6.81. The quantitative estimate of drug-likeness (QED) is 0.278. The van der Waals surface area contributed by atoms with Gasteiger partial charge >= 0.3 is 18.0 Å². The molecule has 8 nitrogen and oxygen atoms in total. The zero-order chi connectivity index (χ0) is 26.2. The van der Waals surface area contributed by atoms with Gasteiger partial charge < -0.3 is 20.7 Å². The van der Waals surface area contributed by atoms with Gasteiger partial charge in [0.1, 0.15) is 0 Å². The molecule has 36 heavy (non-hydrogen) atoms. The summed E-state index contributed by atoms with van der Waals surface area (Å²) >= 11 is 1.63. The van der Waals surface area contributed by atoms with Gasteiger partial charge in [0.05, 0.1) is 17.7 Å². The number of unbranched alkanes of at least 4 members (excludes halogenated alkanes) is 1. The van der Waals surface area contributed by atoms with E-state index in [2.05, 4.69) is 16.0 Å². The van der Waals surface area contributed by atoms with E-state index in [0.717, 1.165) is 17.7 Å². The van der Waals surface area contributed by atoms with Crippen molar-refractivity contribution >= 4 is 41.2 Å². The molecule has 4 amide bonds. The second-order valence-corrected chi connectivity index (χ2v) is 9.65. The Labute approximate surface area is 216 Å². The maximum Gasteiger partial charge on any atom is 0.338 e. The summed E-state index contributed by atoms with van der Waals surface area (Å²) in [5.41, 5.74) is 2.83. The highest BCUT2D eigenvalue weighted by atomic mass is 32.2. The molecule has 0 bridgehead atoms. The van der Waals surface area contributed by atoms with E-state index in [4.69, 9.17) is 4.74 Å². The summed E-state index contributed by atoms with van der Waals surface area (Å²) in [6.45, 7) is 7.91. The summed E-state index contributed by atoms with van der Waals surface area (Å²) in [6.07, 6.45) is 3.42. The van der Waals surface area contributed by atoms with Gasteiger partial charge in [-0.3, -0.25) is 4.90 Å². The number of amides is 4. The van der Waals surface area contributed by atoms with E-state index in [-0.39, 0.29) is 12.1 Å². The Hall–Kier alpha value is -3.46. The third-order valence-electron chi connectivity index (χ3n) is 5.72. The highest BCUT2D eigenvalue weighted by molar-refractivity contribution is 7.98. The average Bonchev–Trinajstić information content (AvgIpc) is 2.83. The van der Waals surface area contributed by atoms with Crippen molar-refractivity contribution in [1.29, 1.82) is 0 Å². The second kappa shape index (κ2) is 12.5. The molecule has 2 aromatic rings. The molecule has 0 aromatic heterocycles. The molecule has 1 aliphatic heterocycles. The number of rotatable bonds is 9. The van der Waals surface area contributed by atoms with Crippen LogP contribution in [0.3, 0.4) is 0 Å². The lowest BCUT2D eigenvalue weighted by atomic mass is 9.94. The van der Waals surface area contributed by atoms with Gasteiger partial charge in [-0.2, -0.15) is 0 Å². The molecule has 0 radical (unpaired) electrons. The van der Waals surface area contributed by atoms with E-state index < -0.39 is 18.0 Å². The predicted molar refractivity (Wildman–Crippen MR) is 144 cm³/mol. The van der Waals surface area contributed by atoms with Crippen LogP contribution >= 0.6 is 11.8 Å². The van der Waals surface area contributed by atoms with Crippen molar-refractivity contribution in [3.8, 4) is 0 Å². The lowest BCUT2D eigenvalue weighted by Gasteiger charge is -2.35. The molecular formula is C27H34N4O4S. The SMILES string of the molecule is CCCCN1C(=O)NC(c2cccc(NC(=O)Nc3ccc(SC)cc3)c2)C(C(=O)OC(C)C)=C1C. The first-order valence-corrected chi connectivity index (χ1v) is 13.3.